The van der Waals surface area contributed by atoms with Crippen molar-refractivity contribution >= 4 is 15.7 Å². The first-order chi connectivity index (χ1) is 16.0. The van der Waals surface area contributed by atoms with E-state index in [1.807, 2.05) is 24.3 Å². The van der Waals surface area contributed by atoms with E-state index < -0.39 is 10.0 Å². The Morgan fingerprint density at radius 3 is 2.30 bits per heavy atom. The molecule has 0 radical (unpaired) electrons. The Morgan fingerprint density at radius 2 is 1.70 bits per heavy atom. The summed E-state index contributed by atoms with van der Waals surface area (Å²) in [4.78, 5) is 4.70. The number of aryl methyl sites for hydroxylation is 1. The van der Waals surface area contributed by atoms with Crippen molar-refractivity contribution in [2.45, 2.75) is 30.7 Å². The molecule has 33 heavy (non-hydrogen) atoms. The van der Waals surface area contributed by atoms with Crippen LogP contribution >= 0.6 is 0 Å². The third-order valence-electron chi connectivity index (χ3n) is 6.06. The van der Waals surface area contributed by atoms with Crippen LogP contribution < -0.4 is 9.62 Å². The number of sulfonamides is 1. The highest BCUT2D eigenvalue weighted by atomic mass is 32.2. The maximum absolute atomic E-state index is 13.2. The molecule has 0 aliphatic carbocycles. The van der Waals surface area contributed by atoms with Gasteiger partial charge in [0.1, 0.15) is 11.6 Å². The summed E-state index contributed by atoms with van der Waals surface area (Å²) < 4.78 is 47.5. The number of benzene rings is 2. The highest BCUT2D eigenvalue weighted by Gasteiger charge is 2.28. The van der Waals surface area contributed by atoms with Crippen molar-refractivity contribution in [3.8, 4) is 0 Å². The van der Waals surface area contributed by atoms with Gasteiger partial charge in [0.25, 0.3) is 0 Å². The highest BCUT2D eigenvalue weighted by Crippen LogP contribution is 2.25. The largest absolute Gasteiger partial charge is 0.468 e. The molecule has 1 N–H and O–H groups in total. The lowest BCUT2D eigenvalue weighted by atomic mass is 10.1. The molecular weight excluding hydrogens is 441 g/mol. The van der Waals surface area contributed by atoms with Crippen LogP contribution in [0.4, 0.5) is 10.1 Å². The van der Waals surface area contributed by atoms with Gasteiger partial charge >= 0.3 is 0 Å². The Hall–Kier alpha value is -2.68. The summed E-state index contributed by atoms with van der Waals surface area (Å²) in [6, 6.07) is 17.1. The number of piperazine rings is 1. The van der Waals surface area contributed by atoms with Crippen LogP contribution in [-0.2, 0) is 16.4 Å². The van der Waals surface area contributed by atoms with Gasteiger partial charge in [-0.1, -0.05) is 25.5 Å². The molecule has 1 atom stereocenters. The van der Waals surface area contributed by atoms with Gasteiger partial charge in [0.2, 0.25) is 10.0 Å². The van der Waals surface area contributed by atoms with Crippen LogP contribution in [0.1, 0.15) is 30.7 Å². The molecule has 1 saturated heterocycles. The molecule has 0 bridgehead atoms. The topological polar surface area (TPSA) is 65.8 Å². The molecule has 1 aliphatic rings. The maximum atomic E-state index is 13.2. The average molecular weight is 472 g/mol. The molecule has 3 aromatic rings. The van der Waals surface area contributed by atoms with E-state index in [0.29, 0.717) is 0 Å². The third kappa shape index (κ3) is 5.82. The summed E-state index contributed by atoms with van der Waals surface area (Å²) in [5, 5.41) is 0. The summed E-state index contributed by atoms with van der Waals surface area (Å²) in [6.07, 6.45) is 3.56. The Bertz CT molecular complexity index is 1110. The zero-order valence-corrected chi connectivity index (χ0v) is 19.6. The summed E-state index contributed by atoms with van der Waals surface area (Å²) in [7, 11) is -3.64. The van der Waals surface area contributed by atoms with Crippen molar-refractivity contribution in [1.82, 2.24) is 9.62 Å². The van der Waals surface area contributed by atoms with Crippen molar-refractivity contribution in [3.05, 3.63) is 84.1 Å². The van der Waals surface area contributed by atoms with E-state index in [-0.39, 0.29) is 23.3 Å². The van der Waals surface area contributed by atoms with Gasteiger partial charge in [-0.2, -0.15) is 0 Å². The van der Waals surface area contributed by atoms with E-state index in [9.17, 15) is 12.8 Å². The number of rotatable bonds is 9. The number of nitrogens with one attached hydrogen (secondary N) is 1. The maximum Gasteiger partial charge on any atom is 0.240 e. The average Bonchev–Trinajstić information content (AvgIpc) is 3.35. The molecule has 2 heterocycles. The van der Waals surface area contributed by atoms with Gasteiger partial charge < -0.3 is 9.32 Å². The van der Waals surface area contributed by atoms with Crippen molar-refractivity contribution in [2.24, 2.45) is 0 Å². The van der Waals surface area contributed by atoms with Crippen molar-refractivity contribution in [1.29, 1.82) is 0 Å². The Labute approximate surface area is 195 Å². The Balaban J connectivity index is 1.42. The Kier molecular flexibility index (Phi) is 7.47. The van der Waals surface area contributed by atoms with Crippen LogP contribution in [-0.4, -0.2) is 46.0 Å². The van der Waals surface area contributed by atoms with Gasteiger partial charge in [-0.25, -0.2) is 17.5 Å². The normalized spacial score (nSPS) is 16.1. The second-order valence-electron chi connectivity index (χ2n) is 8.28. The minimum absolute atomic E-state index is 0.211. The molecule has 1 fully saturated rings. The molecule has 176 valence electrons. The molecule has 6 nitrogen and oxygen atoms in total. The van der Waals surface area contributed by atoms with E-state index in [1.54, 1.807) is 30.5 Å². The number of hydrogen-bond acceptors (Lipinski definition) is 5. The third-order valence-corrected chi connectivity index (χ3v) is 7.50. The number of furan rings is 1. The van der Waals surface area contributed by atoms with E-state index in [0.717, 1.165) is 56.0 Å². The fraction of sp³-hybridized carbons (Fsp3) is 0.360. The van der Waals surface area contributed by atoms with Crippen LogP contribution in [0.25, 0.3) is 0 Å². The van der Waals surface area contributed by atoms with E-state index in [4.69, 9.17) is 4.42 Å². The van der Waals surface area contributed by atoms with Crippen LogP contribution in [0, 0.1) is 5.82 Å². The molecule has 1 aromatic heterocycles. The fourth-order valence-electron chi connectivity index (χ4n) is 4.23. The number of hydrogen-bond donors (Lipinski definition) is 1. The van der Waals surface area contributed by atoms with Crippen molar-refractivity contribution in [2.75, 3.05) is 37.6 Å². The van der Waals surface area contributed by atoms with Gasteiger partial charge in [-0.3, -0.25) is 4.90 Å². The van der Waals surface area contributed by atoms with Crippen molar-refractivity contribution in [3.63, 3.8) is 0 Å². The zero-order chi connectivity index (χ0) is 23.3. The second kappa shape index (κ2) is 10.5. The quantitative estimate of drug-likeness (QED) is 0.506. The van der Waals surface area contributed by atoms with Gasteiger partial charge in [-0.05, 0) is 60.5 Å². The first-order valence-corrected chi connectivity index (χ1v) is 12.8. The monoisotopic (exact) mass is 471 g/mol. The standard InChI is InChI=1S/C25H30FN3O3S/c1-2-4-20-6-12-23(13-7-20)33(30,31)27-19-24(25-5-3-18-32-25)29-16-14-28(15-17-29)22-10-8-21(26)9-11-22/h3,5-13,18,24,27H,2,4,14-17,19H2,1H3. The molecule has 0 saturated carbocycles. The molecule has 8 heteroatoms. The van der Waals surface area contributed by atoms with Crippen molar-refractivity contribution < 1.29 is 17.2 Å². The molecule has 4 rings (SSSR count). The Morgan fingerprint density at radius 1 is 1.00 bits per heavy atom. The van der Waals surface area contributed by atoms with E-state index in [1.165, 1.54) is 12.1 Å². The summed E-state index contributed by atoms with van der Waals surface area (Å²) in [5.41, 5.74) is 2.11. The molecular formula is C25H30FN3O3S. The first-order valence-electron chi connectivity index (χ1n) is 11.3. The first kappa shape index (κ1) is 23.5. The lowest BCUT2D eigenvalue weighted by molar-refractivity contribution is 0.166. The number of nitrogens with zero attached hydrogens (tertiary/aromatic N) is 2. The summed E-state index contributed by atoms with van der Waals surface area (Å²) in [6.45, 7) is 5.29. The van der Waals surface area contributed by atoms with E-state index in [2.05, 4.69) is 21.4 Å². The smallest absolute Gasteiger partial charge is 0.240 e. The predicted molar refractivity (Wildman–Crippen MR) is 127 cm³/mol. The lowest BCUT2D eigenvalue weighted by Crippen LogP contribution is -2.49. The van der Waals surface area contributed by atoms with Crippen LogP contribution in [0.5, 0.6) is 0 Å². The highest BCUT2D eigenvalue weighted by molar-refractivity contribution is 7.89. The lowest BCUT2D eigenvalue weighted by Gasteiger charge is -2.39. The summed E-state index contributed by atoms with van der Waals surface area (Å²) in [5.74, 6) is 0.480. The van der Waals surface area contributed by atoms with Gasteiger partial charge in [0.05, 0.1) is 17.2 Å². The molecule has 1 aliphatic heterocycles. The van der Waals surface area contributed by atoms with Gasteiger partial charge in [-0.15, -0.1) is 0 Å². The minimum Gasteiger partial charge on any atom is -0.468 e. The van der Waals surface area contributed by atoms with Gasteiger partial charge in [0, 0.05) is 38.4 Å². The van der Waals surface area contributed by atoms with Crippen LogP contribution in [0.3, 0.4) is 0 Å². The second-order valence-corrected chi connectivity index (χ2v) is 10.0. The molecule has 1 unspecified atom stereocenters. The number of anilines is 1. The summed E-state index contributed by atoms with van der Waals surface area (Å²) >= 11 is 0. The SMILES string of the molecule is CCCc1ccc(S(=O)(=O)NCC(c2ccco2)N2CCN(c3ccc(F)cc3)CC2)cc1. The van der Waals surface area contributed by atoms with E-state index >= 15 is 0 Å². The minimum atomic E-state index is -3.64. The van der Waals surface area contributed by atoms with Gasteiger partial charge in [0.15, 0.2) is 0 Å². The molecule has 2 aromatic carbocycles. The zero-order valence-electron chi connectivity index (χ0n) is 18.8. The molecule has 0 spiro atoms. The predicted octanol–water partition coefficient (Wildman–Crippen LogP) is 4.21. The van der Waals surface area contributed by atoms with Crippen LogP contribution in [0.2, 0.25) is 0 Å². The van der Waals surface area contributed by atoms with Crippen LogP contribution in [0.15, 0.2) is 76.2 Å². The molecule has 0 amide bonds. The number of halogens is 1. The fourth-order valence-corrected chi connectivity index (χ4v) is 5.27.